The van der Waals surface area contributed by atoms with Crippen LogP contribution in [0.2, 0.25) is 0 Å². The van der Waals surface area contributed by atoms with Crippen LogP contribution < -0.4 is 10.4 Å². The van der Waals surface area contributed by atoms with Gasteiger partial charge in [0.1, 0.15) is 11.6 Å². The standard InChI is InChI=1S/C23H21F3N4O2/c1-14-4-5-19(13-21(14)30-8-6-15(2)32-30)28-22(31)17-10-18(23(24,25)26)12-20(11-17)29-9-7-27-16(29)3/h4-7,9-13H,8H2,1-3H3,(H,28,31). The Morgan fingerprint density at radius 3 is 2.53 bits per heavy atom. The van der Waals surface area contributed by atoms with Gasteiger partial charge in [0, 0.05) is 29.3 Å². The number of alkyl halides is 3. The van der Waals surface area contributed by atoms with Crippen LogP contribution in [0.15, 0.2) is 60.6 Å². The van der Waals surface area contributed by atoms with Crippen LogP contribution in [0.25, 0.3) is 5.69 Å². The van der Waals surface area contributed by atoms with Crippen LogP contribution in [0.4, 0.5) is 24.5 Å². The first kappa shape index (κ1) is 21.5. The summed E-state index contributed by atoms with van der Waals surface area (Å²) in [6, 6.07) is 8.49. The van der Waals surface area contributed by atoms with E-state index in [1.54, 1.807) is 30.3 Å². The van der Waals surface area contributed by atoms with Crippen molar-refractivity contribution in [3.8, 4) is 5.69 Å². The zero-order valence-corrected chi connectivity index (χ0v) is 17.7. The van der Waals surface area contributed by atoms with E-state index >= 15 is 0 Å². The maximum Gasteiger partial charge on any atom is 0.416 e. The Bertz CT molecular complexity index is 1210. The first-order valence-electron chi connectivity index (χ1n) is 9.89. The number of imidazole rings is 1. The van der Waals surface area contributed by atoms with E-state index in [-0.39, 0.29) is 11.3 Å². The fraction of sp³-hybridized carbons (Fsp3) is 0.217. The van der Waals surface area contributed by atoms with Gasteiger partial charge in [-0.25, -0.2) is 10.0 Å². The van der Waals surface area contributed by atoms with E-state index in [0.29, 0.717) is 18.1 Å². The van der Waals surface area contributed by atoms with Crippen molar-refractivity contribution in [1.82, 2.24) is 9.55 Å². The Labute approximate surface area is 182 Å². The summed E-state index contributed by atoms with van der Waals surface area (Å²) < 4.78 is 42.0. The minimum absolute atomic E-state index is 0.111. The lowest BCUT2D eigenvalue weighted by atomic mass is 10.1. The molecule has 0 aliphatic carbocycles. The molecule has 166 valence electrons. The van der Waals surface area contributed by atoms with Crippen LogP contribution in [-0.2, 0) is 11.0 Å². The van der Waals surface area contributed by atoms with Crippen LogP contribution in [0.1, 0.15) is 34.2 Å². The summed E-state index contributed by atoms with van der Waals surface area (Å²) >= 11 is 0. The van der Waals surface area contributed by atoms with Gasteiger partial charge in [-0.1, -0.05) is 6.07 Å². The Balaban J connectivity index is 1.66. The number of anilines is 2. The van der Waals surface area contributed by atoms with Crippen LogP contribution >= 0.6 is 0 Å². The molecule has 1 N–H and O–H groups in total. The van der Waals surface area contributed by atoms with Gasteiger partial charge in [-0.05, 0) is 62.7 Å². The number of aromatic nitrogens is 2. The minimum Gasteiger partial charge on any atom is -0.384 e. The molecule has 1 amide bonds. The monoisotopic (exact) mass is 442 g/mol. The molecule has 0 atom stereocenters. The van der Waals surface area contributed by atoms with Crippen LogP contribution in [-0.4, -0.2) is 22.0 Å². The fourth-order valence-electron chi connectivity index (χ4n) is 3.46. The number of hydroxylamine groups is 1. The van der Waals surface area contributed by atoms with Gasteiger partial charge < -0.3 is 14.7 Å². The van der Waals surface area contributed by atoms with E-state index in [4.69, 9.17) is 4.84 Å². The van der Waals surface area contributed by atoms with Crippen molar-refractivity contribution in [2.75, 3.05) is 16.9 Å². The maximum atomic E-state index is 13.5. The average molecular weight is 442 g/mol. The Hall–Kier alpha value is -3.75. The number of hydrogen-bond donors (Lipinski definition) is 1. The van der Waals surface area contributed by atoms with Crippen molar-refractivity contribution >= 4 is 17.3 Å². The largest absolute Gasteiger partial charge is 0.416 e. The number of rotatable bonds is 4. The predicted octanol–water partition coefficient (Wildman–Crippen LogP) is 5.42. The van der Waals surface area contributed by atoms with Gasteiger partial charge in [-0.3, -0.25) is 4.79 Å². The Morgan fingerprint density at radius 2 is 1.91 bits per heavy atom. The third kappa shape index (κ3) is 4.32. The second-order valence-electron chi connectivity index (χ2n) is 7.53. The highest BCUT2D eigenvalue weighted by Crippen LogP contribution is 2.33. The van der Waals surface area contributed by atoms with Gasteiger partial charge in [-0.2, -0.15) is 13.2 Å². The van der Waals surface area contributed by atoms with Crippen molar-refractivity contribution in [1.29, 1.82) is 0 Å². The number of halogens is 3. The Kier molecular flexibility index (Phi) is 5.41. The average Bonchev–Trinajstić information content (AvgIpc) is 3.36. The van der Waals surface area contributed by atoms with E-state index < -0.39 is 17.6 Å². The first-order chi connectivity index (χ1) is 15.1. The molecule has 0 unspecified atom stereocenters. The number of aryl methyl sites for hydroxylation is 2. The van der Waals surface area contributed by atoms with Gasteiger partial charge in [0.15, 0.2) is 0 Å². The normalized spacial score (nSPS) is 13.7. The lowest BCUT2D eigenvalue weighted by Gasteiger charge is -2.21. The van der Waals surface area contributed by atoms with E-state index in [1.165, 1.54) is 16.8 Å². The highest BCUT2D eigenvalue weighted by Gasteiger charge is 2.32. The minimum atomic E-state index is -4.60. The lowest BCUT2D eigenvalue weighted by Crippen LogP contribution is -2.19. The number of nitrogens with one attached hydrogen (secondary N) is 1. The van der Waals surface area contributed by atoms with Crippen molar-refractivity contribution < 1.29 is 22.8 Å². The second kappa shape index (κ2) is 8.07. The van der Waals surface area contributed by atoms with Gasteiger partial charge >= 0.3 is 6.18 Å². The third-order valence-corrected chi connectivity index (χ3v) is 5.15. The maximum absolute atomic E-state index is 13.5. The molecule has 1 aliphatic heterocycles. The number of hydrogen-bond acceptors (Lipinski definition) is 4. The van der Waals surface area contributed by atoms with E-state index in [0.717, 1.165) is 29.1 Å². The van der Waals surface area contributed by atoms with Crippen LogP contribution in [0, 0.1) is 13.8 Å². The van der Waals surface area contributed by atoms with Gasteiger partial charge in [-0.15, -0.1) is 0 Å². The Morgan fingerprint density at radius 1 is 1.12 bits per heavy atom. The molecule has 0 spiro atoms. The second-order valence-corrected chi connectivity index (χ2v) is 7.53. The number of carbonyl (C=O) groups excluding carboxylic acids is 1. The van der Waals surface area contributed by atoms with Gasteiger partial charge in [0.05, 0.1) is 17.8 Å². The molecule has 0 saturated carbocycles. The molecule has 0 fully saturated rings. The molecule has 1 aromatic heterocycles. The van der Waals surface area contributed by atoms with Gasteiger partial charge in [0.25, 0.3) is 5.91 Å². The quantitative estimate of drug-likeness (QED) is 0.587. The highest BCUT2D eigenvalue weighted by atomic mass is 19.4. The highest BCUT2D eigenvalue weighted by molar-refractivity contribution is 6.05. The molecular weight excluding hydrogens is 421 g/mol. The molecule has 2 aromatic carbocycles. The summed E-state index contributed by atoms with van der Waals surface area (Å²) in [6.07, 6.45) is 0.354. The third-order valence-electron chi connectivity index (χ3n) is 5.15. The molecule has 4 rings (SSSR count). The summed E-state index contributed by atoms with van der Waals surface area (Å²) in [4.78, 5) is 22.6. The smallest absolute Gasteiger partial charge is 0.384 e. The SMILES string of the molecule is CC1=CCN(c2cc(NC(=O)c3cc(-n4ccnc4C)cc(C(F)(F)F)c3)ccc2C)O1. The molecule has 9 heteroatoms. The van der Waals surface area contributed by atoms with E-state index in [9.17, 15) is 18.0 Å². The summed E-state index contributed by atoms with van der Waals surface area (Å²) in [7, 11) is 0. The van der Waals surface area contributed by atoms with Gasteiger partial charge in [0.2, 0.25) is 0 Å². The lowest BCUT2D eigenvalue weighted by molar-refractivity contribution is -0.137. The molecule has 0 bridgehead atoms. The number of carbonyl (C=O) groups is 1. The summed E-state index contributed by atoms with van der Waals surface area (Å²) in [5.41, 5.74) is 1.32. The number of allylic oxidation sites excluding steroid dienone is 1. The van der Waals surface area contributed by atoms with Crippen molar-refractivity contribution in [3.63, 3.8) is 0 Å². The molecule has 1 aliphatic rings. The van der Waals surface area contributed by atoms with E-state index in [2.05, 4.69) is 10.3 Å². The predicted molar refractivity (Wildman–Crippen MR) is 115 cm³/mol. The molecule has 2 heterocycles. The van der Waals surface area contributed by atoms with Crippen molar-refractivity contribution in [2.45, 2.75) is 26.9 Å². The summed E-state index contributed by atoms with van der Waals surface area (Å²) in [5.74, 6) is 0.625. The van der Waals surface area contributed by atoms with Crippen molar-refractivity contribution in [3.05, 3.63) is 83.1 Å². The molecule has 0 saturated heterocycles. The number of nitrogens with zero attached hydrogens (tertiary/aromatic N) is 3. The topological polar surface area (TPSA) is 59.4 Å². The first-order valence-corrected chi connectivity index (χ1v) is 9.89. The zero-order valence-electron chi connectivity index (χ0n) is 17.7. The zero-order chi connectivity index (χ0) is 23.0. The molecule has 0 radical (unpaired) electrons. The van der Waals surface area contributed by atoms with Crippen molar-refractivity contribution in [2.24, 2.45) is 0 Å². The fourth-order valence-corrected chi connectivity index (χ4v) is 3.46. The van der Waals surface area contributed by atoms with Crippen LogP contribution in [0.5, 0.6) is 0 Å². The number of benzene rings is 2. The summed E-state index contributed by atoms with van der Waals surface area (Å²) in [6.45, 7) is 5.98. The molecule has 6 nitrogen and oxygen atoms in total. The van der Waals surface area contributed by atoms with Crippen LogP contribution in [0.3, 0.4) is 0 Å². The molecule has 3 aromatic rings. The van der Waals surface area contributed by atoms with E-state index in [1.807, 2.05) is 26.0 Å². The molecule has 32 heavy (non-hydrogen) atoms. The number of amides is 1. The summed E-state index contributed by atoms with van der Waals surface area (Å²) in [5, 5.41) is 4.38. The molecular formula is C23H21F3N4O2.